The summed E-state index contributed by atoms with van der Waals surface area (Å²) in [5.41, 5.74) is 0.405. The van der Waals surface area contributed by atoms with E-state index >= 15 is 0 Å². The smallest absolute Gasteiger partial charge is 0.305 e. The van der Waals surface area contributed by atoms with Crippen LogP contribution in [0.3, 0.4) is 0 Å². The largest absolute Gasteiger partial charge is 0.481 e. The molecule has 0 unspecified atom stereocenters. The predicted molar refractivity (Wildman–Crippen MR) is 72.4 cm³/mol. The van der Waals surface area contributed by atoms with Gasteiger partial charge < -0.3 is 24.6 Å². The van der Waals surface area contributed by atoms with E-state index in [0.29, 0.717) is 30.0 Å². The number of fused-ring (bicyclic) bond motifs is 1. The van der Waals surface area contributed by atoms with Gasteiger partial charge in [-0.05, 0) is 24.6 Å². The predicted octanol–water partition coefficient (Wildman–Crippen LogP) is 0.715. The van der Waals surface area contributed by atoms with E-state index in [1.54, 1.807) is 18.2 Å². The molecule has 0 aliphatic carbocycles. The number of aliphatic carboxylic acids is 1. The molecule has 0 saturated carbocycles. The number of hydrogen-bond acceptors (Lipinski definition) is 5. The molecule has 0 aromatic heterocycles. The van der Waals surface area contributed by atoms with Crippen molar-refractivity contribution in [1.29, 1.82) is 0 Å². The summed E-state index contributed by atoms with van der Waals surface area (Å²) in [7, 11) is 0. The van der Waals surface area contributed by atoms with Crippen LogP contribution in [0.5, 0.6) is 11.5 Å². The van der Waals surface area contributed by atoms with Gasteiger partial charge in [-0.2, -0.15) is 0 Å². The fourth-order valence-electron chi connectivity index (χ4n) is 2.02. The van der Waals surface area contributed by atoms with Gasteiger partial charge >= 0.3 is 5.97 Å². The van der Waals surface area contributed by atoms with Crippen molar-refractivity contribution in [3.05, 3.63) is 23.8 Å². The summed E-state index contributed by atoms with van der Waals surface area (Å²) in [6, 6.07) is 4.84. The van der Waals surface area contributed by atoms with Gasteiger partial charge in [0, 0.05) is 25.3 Å². The minimum Gasteiger partial charge on any atom is -0.481 e. The third-order valence-corrected chi connectivity index (χ3v) is 3.09. The number of aliphatic hydroxyl groups excluding tert-OH is 1. The summed E-state index contributed by atoms with van der Waals surface area (Å²) >= 11 is 0. The zero-order chi connectivity index (χ0) is 15.2. The number of benzene rings is 1. The molecular weight excluding hydrogens is 278 g/mol. The third kappa shape index (κ3) is 3.85. The van der Waals surface area contributed by atoms with Gasteiger partial charge in [0.15, 0.2) is 11.5 Å². The molecule has 0 fully saturated rings. The molecule has 0 saturated heterocycles. The summed E-state index contributed by atoms with van der Waals surface area (Å²) in [5, 5.41) is 17.6. The van der Waals surface area contributed by atoms with Gasteiger partial charge in [-0.15, -0.1) is 0 Å². The topological polar surface area (TPSA) is 96.3 Å². The number of rotatable bonds is 7. The highest BCUT2D eigenvalue weighted by Crippen LogP contribution is 2.32. The number of hydrogen-bond donors (Lipinski definition) is 2. The normalized spacial score (nSPS) is 12.2. The Kier molecular flexibility index (Phi) is 4.99. The first kappa shape index (κ1) is 15.1. The molecule has 7 nitrogen and oxygen atoms in total. The number of nitrogens with zero attached hydrogens (tertiary/aromatic N) is 1. The lowest BCUT2D eigenvalue weighted by molar-refractivity contribution is -0.137. The van der Waals surface area contributed by atoms with Crippen molar-refractivity contribution in [3.8, 4) is 11.5 Å². The SMILES string of the molecule is O=C(O)CCN(CCCO)C(=O)c1ccc2c(c1)OCO2. The fourth-order valence-corrected chi connectivity index (χ4v) is 2.02. The first-order chi connectivity index (χ1) is 10.1. The third-order valence-electron chi connectivity index (χ3n) is 3.09. The number of carboxylic acids is 1. The molecule has 1 heterocycles. The van der Waals surface area contributed by atoms with Crippen LogP contribution in [-0.2, 0) is 4.79 Å². The van der Waals surface area contributed by atoms with Crippen molar-refractivity contribution >= 4 is 11.9 Å². The van der Waals surface area contributed by atoms with E-state index in [4.69, 9.17) is 19.7 Å². The Balaban J connectivity index is 2.10. The number of carboxylic acid groups (broad SMARTS) is 1. The van der Waals surface area contributed by atoms with Gasteiger partial charge in [0.1, 0.15) is 0 Å². The number of ether oxygens (including phenoxy) is 2. The molecule has 7 heteroatoms. The van der Waals surface area contributed by atoms with Crippen LogP contribution >= 0.6 is 0 Å². The Morgan fingerprint density at radius 2 is 1.95 bits per heavy atom. The average molecular weight is 295 g/mol. The van der Waals surface area contributed by atoms with E-state index in [0.717, 1.165) is 0 Å². The summed E-state index contributed by atoms with van der Waals surface area (Å²) < 4.78 is 10.4. The van der Waals surface area contributed by atoms with Crippen LogP contribution in [0.15, 0.2) is 18.2 Å². The van der Waals surface area contributed by atoms with E-state index in [2.05, 4.69) is 0 Å². The minimum absolute atomic E-state index is 0.0575. The van der Waals surface area contributed by atoms with Gasteiger partial charge in [0.25, 0.3) is 5.91 Å². The lowest BCUT2D eigenvalue weighted by atomic mass is 10.1. The number of carbonyl (C=O) groups is 2. The van der Waals surface area contributed by atoms with Crippen molar-refractivity contribution in [2.45, 2.75) is 12.8 Å². The van der Waals surface area contributed by atoms with Crippen molar-refractivity contribution in [2.75, 3.05) is 26.5 Å². The van der Waals surface area contributed by atoms with Crippen LogP contribution in [0, 0.1) is 0 Å². The van der Waals surface area contributed by atoms with Crippen LogP contribution in [0.25, 0.3) is 0 Å². The second-order valence-electron chi connectivity index (χ2n) is 4.58. The quantitative estimate of drug-likeness (QED) is 0.769. The van der Waals surface area contributed by atoms with Crippen LogP contribution in [0.2, 0.25) is 0 Å². The molecule has 0 spiro atoms. The van der Waals surface area contributed by atoms with E-state index in [1.165, 1.54) is 4.90 Å². The molecule has 114 valence electrons. The first-order valence-electron chi connectivity index (χ1n) is 6.63. The second kappa shape index (κ2) is 6.94. The average Bonchev–Trinajstić information content (AvgIpc) is 2.93. The molecule has 1 aliphatic heterocycles. The molecule has 21 heavy (non-hydrogen) atoms. The molecule has 1 aromatic rings. The Hall–Kier alpha value is -2.28. The standard InChI is InChI=1S/C14H17NO6/c16-7-1-5-15(6-4-13(17)18)14(19)10-2-3-11-12(8-10)21-9-20-11/h2-3,8,16H,1,4-7,9H2,(H,17,18). The van der Waals surface area contributed by atoms with Crippen molar-refractivity contribution in [3.63, 3.8) is 0 Å². The zero-order valence-corrected chi connectivity index (χ0v) is 11.4. The monoisotopic (exact) mass is 295 g/mol. The first-order valence-corrected chi connectivity index (χ1v) is 6.63. The van der Waals surface area contributed by atoms with Crippen LogP contribution in [0.4, 0.5) is 0 Å². The molecule has 2 N–H and O–H groups in total. The number of aliphatic hydroxyl groups is 1. The van der Waals surface area contributed by atoms with Crippen LogP contribution in [0.1, 0.15) is 23.2 Å². The molecular formula is C14H17NO6. The van der Waals surface area contributed by atoms with Gasteiger partial charge in [-0.1, -0.05) is 0 Å². The van der Waals surface area contributed by atoms with Crippen molar-refractivity contribution < 1.29 is 29.3 Å². The van der Waals surface area contributed by atoms with Crippen LogP contribution < -0.4 is 9.47 Å². The lowest BCUT2D eigenvalue weighted by Gasteiger charge is -2.21. The highest BCUT2D eigenvalue weighted by molar-refractivity contribution is 5.95. The summed E-state index contributed by atoms with van der Waals surface area (Å²) in [6.45, 7) is 0.470. The van der Waals surface area contributed by atoms with Crippen molar-refractivity contribution in [2.24, 2.45) is 0 Å². The highest BCUT2D eigenvalue weighted by Gasteiger charge is 2.20. The zero-order valence-electron chi connectivity index (χ0n) is 11.4. The minimum atomic E-state index is -0.970. The Bertz CT molecular complexity index is 530. The van der Waals surface area contributed by atoms with E-state index < -0.39 is 5.97 Å². The summed E-state index contributed by atoms with van der Waals surface area (Å²) in [5.74, 6) is -0.175. The van der Waals surface area contributed by atoms with Gasteiger partial charge in [0.2, 0.25) is 6.79 Å². The maximum Gasteiger partial charge on any atom is 0.305 e. The van der Waals surface area contributed by atoms with E-state index in [-0.39, 0.29) is 32.3 Å². The molecule has 0 bridgehead atoms. The van der Waals surface area contributed by atoms with Gasteiger partial charge in [-0.3, -0.25) is 9.59 Å². The van der Waals surface area contributed by atoms with Crippen LogP contribution in [-0.4, -0.2) is 53.5 Å². The second-order valence-corrected chi connectivity index (χ2v) is 4.58. The Morgan fingerprint density at radius 3 is 2.67 bits per heavy atom. The van der Waals surface area contributed by atoms with E-state index in [9.17, 15) is 9.59 Å². The summed E-state index contributed by atoms with van der Waals surface area (Å²) in [6.07, 6.45) is 0.262. The molecule has 2 rings (SSSR count). The van der Waals surface area contributed by atoms with Gasteiger partial charge in [-0.25, -0.2) is 0 Å². The molecule has 1 aromatic carbocycles. The Labute approximate surface area is 121 Å². The number of amides is 1. The van der Waals surface area contributed by atoms with Crippen molar-refractivity contribution in [1.82, 2.24) is 4.90 Å². The molecule has 1 amide bonds. The number of carbonyl (C=O) groups excluding carboxylic acids is 1. The van der Waals surface area contributed by atoms with Gasteiger partial charge in [0.05, 0.1) is 6.42 Å². The molecule has 0 radical (unpaired) electrons. The molecule has 0 atom stereocenters. The maximum atomic E-state index is 12.4. The molecule has 1 aliphatic rings. The van der Waals surface area contributed by atoms with E-state index in [1.807, 2.05) is 0 Å². The fraction of sp³-hybridized carbons (Fsp3) is 0.429. The summed E-state index contributed by atoms with van der Waals surface area (Å²) in [4.78, 5) is 24.5. The Morgan fingerprint density at radius 1 is 1.19 bits per heavy atom. The highest BCUT2D eigenvalue weighted by atomic mass is 16.7. The maximum absolute atomic E-state index is 12.4. The lowest BCUT2D eigenvalue weighted by Crippen LogP contribution is -2.34.